The van der Waals surface area contributed by atoms with Crippen LogP contribution >= 0.6 is 11.8 Å². The summed E-state index contributed by atoms with van der Waals surface area (Å²) in [4.78, 5) is 17.2. The molecule has 1 aromatic heterocycles. The molecule has 2 aromatic carbocycles. The number of fused-ring (bicyclic) bond motifs is 2. The van der Waals surface area contributed by atoms with Crippen molar-refractivity contribution in [1.29, 1.82) is 0 Å². The van der Waals surface area contributed by atoms with Gasteiger partial charge in [-0.3, -0.25) is 4.79 Å². The van der Waals surface area contributed by atoms with Crippen molar-refractivity contribution in [2.75, 3.05) is 19.4 Å². The van der Waals surface area contributed by atoms with Crippen LogP contribution in [-0.2, 0) is 13.5 Å². The molecule has 0 atom stereocenters. The van der Waals surface area contributed by atoms with Crippen LogP contribution in [-0.4, -0.2) is 40.9 Å². The number of aryl methyl sites for hydroxylation is 1. The zero-order chi connectivity index (χ0) is 23.2. The van der Waals surface area contributed by atoms with E-state index in [4.69, 9.17) is 9.47 Å². The van der Waals surface area contributed by atoms with E-state index in [1.165, 1.54) is 10.5 Å². The largest absolute Gasteiger partial charge is 0.493 e. The van der Waals surface area contributed by atoms with Gasteiger partial charge in [0.15, 0.2) is 11.5 Å². The minimum absolute atomic E-state index is 0.0581. The van der Waals surface area contributed by atoms with E-state index >= 15 is 0 Å². The van der Waals surface area contributed by atoms with Gasteiger partial charge in [-0.2, -0.15) is 0 Å². The number of carbonyl (C=O) groups excluding carboxylic acids is 1. The number of hydrogen-bond donors (Lipinski definition) is 0. The number of para-hydroxylation sites is 1. The summed E-state index contributed by atoms with van der Waals surface area (Å²) < 4.78 is 13.7. The minimum Gasteiger partial charge on any atom is -0.493 e. The molecule has 5 nitrogen and oxygen atoms in total. The maximum atomic E-state index is 13.9. The topological polar surface area (TPSA) is 43.7 Å². The molecule has 1 saturated carbocycles. The number of thioether (sulfide) groups is 1. The Labute approximate surface area is 204 Å². The summed E-state index contributed by atoms with van der Waals surface area (Å²) in [6.45, 7) is 0.608. The van der Waals surface area contributed by atoms with Crippen molar-refractivity contribution < 1.29 is 14.3 Å². The predicted molar refractivity (Wildman–Crippen MR) is 136 cm³/mol. The monoisotopic (exact) mass is 472 g/mol. The minimum atomic E-state index is 0.0581. The van der Waals surface area contributed by atoms with Gasteiger partial charge >= 0.3 is 0 Å². The van der Waals surface area contributed by atoms with Crippen molar-refractivity contribution in [2.24, 2.45) is 7.05 Å². The highest BCUT2D eigenvalue weighted by Crippen LogP contribution is 2.43. The number of aromatic nitrogens is 1. The van der Waals surface area contributed by atoms with E-state index in [0.29, 0.717) is 19.1 Å². The lowest BCUT2D eigenvalue weighted by Gasteiger charge is -2.30. The number of benzene rings is 2. The van der Waals surface area contributed by atoms with Gasteiger partial charge in [-0.05, 0) is 48.6 Å². The van der Waals surface area contributed by atoms with Gasteiger partial charge in [-0.15, -0.1) is 11.8 Å². The van der Waals surface area contributed by atoms with Crippen LogP contribution in [0.4, 0.5) is 0 Å². The molecular formula is C28H28N2O3S. The van der Waals surface area contributed by atoms with Gasteiger partial charge in [0, 0.05) is 53.5 Å². The second-order valence-corrected chi connectivity index (χ2v) is 10.3. The van der Waals surface area contributed by atoms with Gasteiger partial charge in [-0.1, -0.05) is 30.3 Å². The van der Waals surface area contributed by atoms with E-state index in [1.807, 2.05) is 58.7 Å². The zero-order valence-electron chi connectivity index (χ0n) is 19.5. The molecule has 0 bridgehead atoms. The van der Waals surface area contributed by atoms with Gasteiger partial charge in [0.25, 0.3) is 5.91 Å². The molecule has 0 spiro atoms. The highest BCUT2D eigenvalue weighted by atomic mass is 32.2. The highest BCUT2D eigenvalue weighted by Gasteiger charge is 2.31. The number of allylic oxidation sites excluding steroid dienone is 2. The van der Waals surface area contributed by atoms with Gasteiger partial charge in [-0.25, -0.2) is 0 Å². The van der Waals surface area contributed by atoms with E-state index in [1.54, 1.807) is 7.11 Å². The van der Waals surface area contributed by atoms with Gasteiger partial charge in [0.2, 0.25) is 0 Å². The maximum absolute atomic E-state index is 13.9. The molecule has 3 aromatic rings. The number of amides is 1. The summed E-state index contributed by atoms with van der Waals surface area (Å²) >= 11 is 1.86. The van der Waals surface area contributed by atoms with Crippen LogP contribution in [0.2, 0.25) is 0 Å². The van der Waals surface area contributed by atoms with Crippen LogP contribution < -0.4 is 9.47 Å². The van der Waals surface area contributed by atoms with Crippen LogP contribution in [0.1, 0.15) is 35.2 Å². The normalized spacial score (nSPS) is 17.7. The van der Waals surface area contributed by atoms with E-state index in [0.717, 1.165) is 64.2 Å². The summed E-state index contributed by atoms with van der Waals surface area (Å²) in [5.41, 5.74) is 5.41. The fraction of sp³-hybridized carbons (Fsp3) is 0.321. The molecule has 2 aliphatic heterocycles. The molecular weight excluding hydrogens is 444 g/mol. The average Bonchev–Trinajstić information content (AvgIpc) is 3.43. The molecule has 6 heteroatoms. The summed E-state index contributed by atoms with van der Waals surface area (Å²) in [6.07, 6.45) is 8.48. The third kappa shape index (κ3) is 3.80. The van der Waals surface area contributed by atoms with Crippen molar-refractivity contribution in [3.8, 4) is 11.5 Å². The van der Waals surface area contributed by atoms with Crippen molar-refractivity contribution >= 4 is 28.6 Å². The summed E-state index contributed by atoms with van der Waals surface area (Å²) in [6, 6.07) is 14.3. The fourth-order valence-electron chi connectivity index (χ4n) is 4.88. The van der Waals surface area contributed by atoms with Gasteiger partial charge in [0.05, 0.1) is 18.8 Å². The van der Waals surface area contributed by atoms with Crippen LogP contribution in [0.25, 0.3) is 10.9 Å². The maximum Gasteiger partial charge on any atom is 0.260 e. The number of carbonyl (C=O) groups is 1. The Balaban J connectivity index is 1.36. The molecule has 0 N–H and O–H groups in total. The molecule has 1 saturated heterocycles. The third-order valence-corrected chi connectivity index (χ3v) is 8.00. The summed E-state index contributed by atoms with van der Waals surface area (Å²) in [5.74, 6) is 2.68. The molecule has 34 heavy (non-hydrogen) atoms. The SMILES string of the molecule is COc1cc(CC2=C3SCCC3=CCN2C(=O)c2cn(C)c3ccccc23)ccc1OC1CC1. The first kappa shape index (κ1) is 21.4. The van der Waals surface area contributed by atoms with Crippen LogP contribution in [0, 0.1) is 0 Å². The molecule has 0 unspecified atom stereocenters. The highest BCUT2D eigenvalue weighted by molar-refractivity contribution is 8.03. The Morgan fingerprint density at radius 1 is 1.15 bits per heavy atom. The quantitative estimate of drug-likeness (QED) is 0.462. The van der Waals surface area contributed by atoms with E-state index in [9.17, 15) is 4.79 Å². The molecule has 6 rings (SSSR count). The van der Waals surface area contributed by atoms with E-state index < -0.39 is 0 Å². The second kappa shape index (κ2) is 8.58. The number of methoxy groups -OCH3 is 1. The number of hydrogen-bond acceptors (Lipinski definition) is 4. The zero-order valence-corrected chi connectivity index (χ0v) is 20.4. The Kier molecular flexibility index (Phi) is 5.41. The van der Waals surface area contributed by atoms with Crippen molar-refractivity contribution in [3.05, 3.63) is 82.0 Å². The average molecular weight is 473 g/mol. The molecule has 1 amide bonds. The lowest BCUT2D eigenvalue weighted by Crippen LogP contribution is -2.34. The molecule has 174 valence electrons. The Hall–Kier alpha value is -3.12. The number of nitrogens with zero attached hydrogens (tertiary/aromatic N) is 2. The third-order valence-electron chi connectivity index (χ3n) is 6.81. The summed E-state index contributed by atoms with van der Waals surface area (Å²) in [7, 11) is 3.68. The van der Waals surface area contributed by atoms with Crippen molar-refractivity contribution in [1.82, 2.24) is 9.47 Å². The van der Waals surface area contributed by atoms with Gasteiger partial charge < -0.3 is 18.9 Å². The first-order valence-corrected chi connectivity index (χ1v) is 12.9. The van der Waals surface area contributed by atoms with Crippen LogP contribution in [0.3, 0.4) is 0 Å². The van der Waals surface area contributed by atoms with Crippen molar-refractivity contribution in [3.63, 3.8) is 0 Å². The van der Waals surface area contributed by atoms with Gasteiger partial charge in [0.1, 0.15) is 0 Å². The lowest BCUT2D eigenvalue weighted by atomic mass is 10.0. The lowest BCUT2D eigenvalue weighted by molar-refractivity contribution is 0.0816. The first-order valence-electron chi connectivity index (χ1n) is 11.9. The van der Waals surface area contributed by atoms with E-state index in [2.05, 4.69) is 24.3 Å². The standard InChI is InChI=1S/C28H28N2O3S/c1-29-17-22(21-5-3-4-6-23(21)29)28(31)30-13-11-19-12-14-34-27(19)24(30)15-18-7-10-25(26(16-18)32-2)33-20-8-9-20/h3-7,10-11,16-17,20H,8-9,12-15H2,1-2H3. The van der Waals surface area contributed by atoms with Crippen molar-refractivity contribution in [2.45, 2.75) is 31.8 Å². The first-order chi connectivity index (χ1) is 16.6. The van der Waals surface area contributed by atoms with Crippen LogP contribution in [0.5, 0.6) is 11.5 Å². The molecule has 2 fully saturated rings. The molecule has 0 radical (unpaired) electrons. The Morgan fingerprint density at radius 3 is 2.82 bits per heavy atom. The molecule has 1 aliphatic carbocycles. The Morgan fingerprint density at radius 2 is 2.00 bits per heavy atom. The Bertz CT molecular complexity index is 1350. The van der Waals surface area contributed by atoms with E-state index in [-0.39, 0.29) is 5.91 Å². The smallest absolute Gasteiger partial charge is 0.260 e. The number of ether oxygens (including phenoxy) is 2. The fourth-order valence-corrected chi connectivity index (χ4v) is 6.13. The van der Waals surface area contributed by atoms with Crippen LogP contribution in [0.15, 0.2) is 70.9 Å². The molecule has 3 aliphatic rings. The summed E-state index contributed by atoms with van der Waals surface area (Å²) in [5, 5.41) is 0.997. The second-order valence-electron chi connectivity index (χ2n) is 9.17. The molecule has 3 heterocycles. The predicted octanol–water partition coefficient (Wildman–Crippen LogP) is 5.70. The number of rotatable bonds is 6.